The van der Waals surface area contributed by atoms with Crippen LogP contribution >= 0.6 is 11.3 Å². The largest absolute Gasteiger partial charge is 0.508 e. The van der Waals surface area contributed by atoms with Crippen LogP contribution < -0.4 is 9.47 Å². The van der Waals surface area contributed by atoms with E-state index in [1.54, 1.807) is 17.4 Å². The molecule has 7 rings (SSSR count). The van der Waals surface area contributed by atoms with Gasteiger partial charge in [0.1, 0.15) is 30.0 Å². The van der Waals surface area contributed by atoms with Crippen molar-refractivity contribution in [1.29, 1.82) is 0 Å². The molecule has 0 bridgehead atoms. The molecule has 1 saturated carbocycles. The molecule has 43 heavy (non-hydrogen) atoms. The third-order valence-corrected chi connectivity index (χ3v) is 10.9. The summed E-state index contributed by atoms with van der Waals surface area (Å²) in [6.07, 6.45) is 11.5. The van der Waals surface area contributed by atoms with E-state index in [0.29, 0.717) is 17.9 Å². The zero-order valence-corrected chi connectivity index (χ0v) is 26.0. The van der Waals surface area contributed by atoms with Crippen LogP contribution in [0.15, 0.2) is 66.7 Å². The van der Waals surface area contributed by atoms with Gasteiger partial charge in [-0.15, -0.1) is 11.3 Å². The molecule has 3 aromatic carbocycles. The maximum atomic E-state index is 10.2. The molecule has 4 aromatic rings. The topological polar surface area (TPSA) is 45.2 Å². The first-order valence-electron chi connectivity index (χ1n) is 16.4. The highest BCUT2D eigenvalue weighted by Gasteiger charge is 2.34. The van der Waals surface area contributed by atoms with Crippen LogP contribution in [0.2, 0.25) is 0 Å². The second kappa shape index (κ2) is 13.3. The Morgan fingerprint density at radius 1 is 0.767 bits per heavy atom. The highest BCUT2D eigenvalue weighted by Crippen LogP contribution is 2.42. The summed E-state index contributed by atoms with van der Waals surface area (Å²) in [4.78, 5) is 6.41. The van der Waals surface area contributed by atoms with Crippen LogP contribution in [-0.4, -0.2) is 66.4 Å². The Morgan fingerprint density at radius 2 is 1.51 bits per heavy atom. The van der Waals surface area contributed by atoms with Crippen LogP contribution in [0.3, 0.4) is 0 Å². The molecule has 5 nitrogen and oxygen atoms in total. The minimum atomic E-state index is 0.302. The van der Waals surface area contributed by atoms with Crippen molar-refractivity contribution in [3.8, 4) is 27.7 Å². The fraction of sp³-hybridized carbons (Fsp3) is 0.459. The van der Waals surface area contributed by atoms with Gasteiger partial charge < -0.3 is 14.6 Å². The Kier molecular flexibility index (Phi) is 8.87. The van der Waals surface area contributed by atoms with Gasteiger partial charge in [-0.25, -0.2) is 0 Å². The van der Waals surface area contributed by atoms with Crippen molar-refractivity contribution in [2.24, 2.45) is 0 Å². The number of benzene rings is 3. The number of aromatic hydroxyl groups is 1. The smallest absolute Gasteiger partial charge is 0.119 e. The number of rotatable bonds is 10. The first kappa shape index (κ1) is 28.7. The molecule has 1 N–H and O–H groups in total. The summed E-state index contributed by atoms with van der Waals surface area (Å²) in [7, 11) is 0. The van der Waals surface area contributed by atoms with Crippen molar-refractivity contribution < 1.29 is 14.6 Å². The van der Waals surface area contributed by atoms with E-state index >= 15 is 0 Å². The highest BCUT2D eigenvalue weighted by atomic mass is 32.1. The second-order valence-electron chi connectivity index (χ2n) is 12.6. The molecule has 226 valence electrons. The van der Waals surface area contributed by atoms with Crippen molar-refractivity contribution in [3.63, 3.8) is 0 Å². The van der Waals surface area contributed by atoms with Crippen molar-refractivity contribution in [1.82, 2.24) is 9.80 Å². The Balaban J connectivity index is 1.06. The summed E-state index contributed by atoms with van der Waals surface area (Å²) < 4.78 is 13.8. The third-order valence-electron chi connectivity index (χ3n) is 9.64. The van der Waals surface area contributed by atoms with Gasteiger partial charge in [-0.1, -0.05) is 18.6 Å². The average Bonchev–Trinajstić information content (AvgIpc) is 3.80. The first-order chi connectivity index (χ1) is 21.2. The van der Waals surface area contributed by atoms with E-state index in [1.165, 1.54) is 98.1 Å². The van der Waals surface area contributed by atoms with E-state index in [9.17, 15) is 5.11 Å². The quantitative estimate of drug-likeness (QED) is 0.200. The second-order valence-corrected chi connectivity index (χ2v) is 13.6. The van der Waals surface area contributed by atoms with Crippen LogP contribution in [0.1, 0.15) is 62.5 Å². The van der Waals surface area contributed by atoms with E-state index in [1.807, 2.05) is 6.07 Å². The summed E-state index contributed by atoms with van der Waals surface area (Å²) in [5.41, 5.74) is 3.76. The van der Waals surface area contributed by atoms with Gasteiger partial charge >= 0.3 is 0 Å². The van der Waals surface area contributed by atoms with Crippen LogP contribution in [0.25, 0.3) is 20.5 Å². The number of fused-ring (bicyclic) bond motifs is 1. The first-order valence-corrected chi connectivity index (χ1v) is 17.2. The lowest BCUT2D eigenvalue weighted by atomic mass is 9.98. The van der Waals surface area contributed by atoms with Gasteiger partial charge in [0.25, 0.3) is 0 Å². The van der Waals surface area contributed by atoms with Gasteiger partial charge in [0.15, 0.2) is 0 Å². The van der Waals surface area contributed by atoms with Crippen molar-refractivity contribution in [2.75, 3.05) is 39.3 Å². The van der Waals surface area contributed by atoms with Gasteiger partial charge in [-0.2, -0.15) is 0 Å². The molecule has 3 aliphatic rings. The normalized spacial score (nSPS) is 21.5. The molecule has 2 atom stereocenters. The molecular formula is C37H44N2O3S. The summed E-state index contributed by atoms with van der Waals surface area (Å²) in [5, 5.41) is 11.4. The SMILES string of the molecule is Oc1ccc2c(Cc3ccc(O[C@@H]4CCC[C@H]4N4CCCCC4)cc3)c(-c3ccc(OCCN4CCCC4)cc3)sc2c1. The fourth-order valence-corrected chi connectivity index (χ4v) is 8.59. The van der Waals surface area contributed by atoms with Gasteiger partial charge in [-0.05, 0) is 154 Å². The van der Waals surface area contributed by atoms with Crippen molar-refractivity contribution in [2.45, 2.75) is 69.9 Å². The number of hydrogen-bond acceptors (Lipinski definition) is 6. The molecule has 0 unspecified atom stereocenters. The maximum Gasteiger partial charge on any atom is 0.119 e. The van der Waals surface area contributed by atoms with Crippen LogP contribution in [-0.2, 0) is 6.42 Å². The molecule has 0 radical (unpaired) electrons. The number of piperidine rings is 1. The van der Waals surface area contributed by atoms with Crippen molar-refractivity contribution >= 4 is 21.4 Å². The van der Waals surface area contributed by atoms with Crippen molar-refractivity contribution in [3.05, 3.63) is 77.9 Å². The van der Waals surface area contributed by atoms with Crippen LogP contribution in [0, 0.1) is 0 Å². The Labute approximate surface area is 260 Å². The molecule has 3 heterocycles. The number of nitrogens with zero attached hydrogens (tertiary/aromatic N) is 2. The van der Waals surface area contributed by atoms with E-state index < -0.39 is 0 Å². The zero-order chi connectivity index (χ0) is 29.0. The molecule has 0 amide bonds. The number of phenols is 1. The minimum Gasteiger partial charge on any atom is -0.508 e. The molecular weight excluding hydrogens is 552 g/mol. The lowest BCUT2D eigenvalue weighted by Crippen LogP contribution is -2.45. The fourth-order valence-electron chi connectivity index (χ4n) is 7.33. The lowest BCUT2D eigenvalue weighted by molar-refractivity contribution is 0.0739. The summed E-state index contributed by atoms with van der Waals surface area (Å²) >= 11 is 1.75. The molecule has 2 saturated heterocycles. The summed E-state index contributed by atoms with van der Waals surface area (Å²) in [6.45, 7) is 6.57. The zero-order valence-electron chi connectivity index (χ0n) is 25.2. The average molecular weight is 597 g/mol. The Bertz CT molecular complexity index is 1490. The lowest BCUT2D eigenvalue weighted by Gasteiger charge is -2.35. The van der Waals surface area contributed by atoms with Crippen LogP contribution in [0.4, 0.5) is 0 Å². The number of ether oxygens (including phenoxy) is 2. The van der Waals surface area contributed by atoms with E-state index in [4.69, 9.17) is 9.47 Å². The molecule has 3 fully saturated rings. The van der Waals surface area contributed by atoms with Gasteiger partial charge in [0.05, 0.1) is 0 Å². The molecule has 1 aromatic heterocycles. The molecule has 6 heteroatoms. The predicted octanol–water partition coefficient (Wildman–Crippen LogP) is 8.13. The molecule has 1 aliphatic carbocycles. The number of hydrogen-bond donors (Lipinski definition) is 1. The summed E-state index contributed by atoms with van der Waals surface area (Å²) in [6, 6.07) is 23.6. The summed E-state index contributed by atoms with van der Waals surface area (Å²) in [5.74, 6) is 2.21. The van der Waals surface area contributed by atoms with Gasteiger partial charge in [-0.3, -0.25) is 9.80 Å². The van der Waals surface area contributed by atoms with Gasteiger partial charge in [0, 0.05) is 22.2 Å². The molecule has 0 spiro atoms. The monoisotopic (exact) mass is 596 g/mol. The van der Waals surface area contributed by atoms with E-state index in [0.717, 1.165) is 42.2 Å². The number of phenolic OH excluding ortho intramolecular Hbond substituents is 1. The third kappa shape index (κ3) is 6.72. The predicted molar refractivity (Wildman–Crippen MR) is 177 cm³/mol. The standard InChI is InChI=1S/C37H44N2O3S/c40-29-13-18-32-33(25-27-9-14-31(15-10-27)42-35-8-6-7-34(35)39-21-2-1-3-22-39)37(43-36(32)26-29)28-11-16-30(17-12-28)41-24-23-38-19-4-5-20-38/h9-18,26,34-35,40H,1-8,19-25H2/t34-,35-/m1/s1. The Morgan fingerprint density at radius 3 is 2.30 bits per heavy atom. The molecule has 2 aliphatic heterocycles. The minimum absolute atomic E-state index is 0.302. The van der Waals surface area contributed by atoms with E-state index in [-0.39, 0.29) is 0 Å². The van der Waals surface area contributed by atoms with E-state index in [2.05, 4.69) is 64.4 Å². The maximum absolute atomic E-state index is 10.2. The number of likely N-dealkylation sites (tertiary alicyclic amines) is 2. The van der Waals surface area contributed by atoms with Gasteiger partial charge in [0.2, 0.25) is 0 Å². The highest BCUT2D eigenvalue weighted by molar-refractivity contribution is 7.22. The Hall–Kier alpha value is -3.06. The number of thiophene rings is 1. The van der Waals surface area contributed by atoms with Crippen LogP contribution in [0.5, 0.6) is 17.2 Å².